The van der Waals surface area contributed by atoms with Crippen LogP contribution in [0.5, 0.6) is 0 Å². The molecule has 2 rings (SSSR count). The number of nitrogens with two attached hydrogens (primary N) is 1. The van der Waals surface area contributed by atoms with E-state index in [2.05, 4.69) is 0 Å². The Morgan fingerprint density at radius 2 is 2.29 bits per heavy atom. The van der Waals surface area contributed by atoms with Gasteiger partial charge in [0.05, 0.1) is 19.1 Å². The smallest absolute Gasteiger partial charge is 0.144 e. The van der Waals surface area contributed by atoms with Crippen molar-refractivity contribution in [1.29, 1.82) is 0 Å². The molecule has 0 aliphatic carbocycles. The van der Waals surface area contributed by atoms with Gasteiger partial charge in [0.2, 0.25) is 0 Å². The van der Waals surface area contributed by atoms with E-state index in [1.54, 1.807) is 0 Å². The van der Waals surface area contributed by atoms with Crippen molar-refractivity contribution in [2.24, 2.45) is 0 Å². The number of Topliss-reactive ketones (excluding diaryl/α,β-unsaturated/α-hetero) is 1. The monoisotopic (exact) mass is 191 g/mol. The second-order valence-electron chi connectivity index (χ2n) is 3.51. The van der Waals surface area contributed by atoms with E-state index in [4.69, 9.17) is 10.5 Å². The number of anilines is 1. The van der Waals surface area contributed by atoms with Crippen molar-refractivity contribution < 1.29 is 9.53 Å². The molecule has 2 N–H and O–H groups in total. The minimum absolute atomic E-state index is 0.118. The maximum absolute atomic E-state index is 11.6. The Bertz CT molecular complexity index is 349. The topological polar surface area (TPSA) is 52.3 Å². The molecule has 0 bridgehead atoms. The number of hydrogen-bond donors (Lipinski definition) is 1. The number of ketones is 1. The molecule has 74 valence electrons. The van der Waals surface area contributed by atoms with Crippen LogP contribution in [0.1, 0.15) is 17.9 Å². The molecule has 0 radical (unpaired) electrons. The number of ether oxygens (including phenoxy) is 1. The second-order valence-corrected chi connectivity index (χ2v) is 3.51. The summed E-state index contributed by atoms with van der Waals surface area (Å²) in [6, 6.07) is 7.45. The molecule has 0 saturated carbocycles. The highest BCUT2D eigenvalue weighted by Gasteiger charge is 2.24. The van der Waals surface area contributed by atoms with E-state index in [1.165, 1.54) is 0 Å². The minimum atomic E-state index is -0.118. The predicted molar refractivity (Wildman–Crippen MR) is 54.0 cm³/mol. The molecule has 1 atom stereocenters. The maximum atomic E-state index is 11.6. The van der Waals surface area contributed by atoms with Gasteiger partial charge in [-0.25, -0.2) is 0 Å². The molecule has 1 fully saturated rings. The Labute approximate surface area is 82.9 Å². The summed E-state index contributed by atoms with van der Waals surface area (Å²) in [5, 5.41) is 0. The summed E-state index contributed by atoms with van der Waals surface area (Å²) in [6.45, 7) is 1.04. The highest BCUT2D eigenvalue weighted by molar-refractivity contribution is 5.86. The molecule has 0 aromatic heterocycles. The van der Waals surface area contributed by atoms with E-state index >= 15 is 0 Å². The molecule has 1 heterocycles. The van der Waals surface area contributed by atoms with Crippen molar-refractivity contribution in [1.82, 2.24) is 0 Å². The van der Waals surface area contributed by atoms with Gasteiger partial charge in [-0.1, -0.05) is 12.1 Å². The molecular formula is C11H13NO2. The van der Waals surface area contributed by atoms with Gasteiger partial charge < -0.3 is 10.5 Å². The number of rotatable bonds is 1. The lowest BCUT2D eigenvalue weighted by Crippen LogP contribution is -2.25. The summed E-state index contributed by atoms with van der Waals surface area (Å²) in [5.41, 5.74) is 7.32. The van der Waals surface area contributed by atoms with E-state index in [-0.39, 0.29) is 11.7 Å². The van der Waals surface area contributed by atoms with Crippen LogP contribution in [-0.4, -0.2) is 19.0 Å². The zero-order valence-electron chi connectivity index (χ0n) is 7.90. The molecule has 1 aliphatic heterocycles. The summed E-state index contributed by atoms with van der Waals surface area (Å²) in [6.07, 6.45) is 0.513. The van der Waals surface area contributed by atoms with Crippen molar-refractivity contribution in [2.45, 2.75) is 12.3 Å². The van der Waals surface area contributed by atoms with Crippen LogP contribution in [0, 0.1) is 0 Å². The first-order valence-electron chi connectivity index (χ1n) is 4.73. The van der Waals surface area contributed by atoms with Gasteiger partial charge in [-0.15, -0.1) is 0 Å². The Morgan fingerprint density at radius 3 is 3.00 bits per heavy atom. The van der Waals surface area contributed by atoms with Crippen LogP contribution in [0.25, 0.3) is 0 Å². The molecule has 1 aromatic carbocycles. The molecule has 14 heavy (non-hydrogen) atoms. The van der Waals surface area contributed by atoms with Crippen molar-refractivity contribution in [2.75, 3.05) is 18.9 Å². The quantitative estimate of drug-likeness (QED) is 0.681. The van der Waals surface area contributed by atoms with E-state index in [1.807, 2.05) is 24.3 Å². The Morgan fingerprint density at radius 1 is 1.43 bits per heavy atom. The van der Waals surface area contributed by atoms with Gasteiger partial charge in [0.25, 0.3) is 0 Å². The van der Waals surface area contributed by atoms with E-state index in [9.17, 15) is 4.79 Å². The van der Waals surface area contributed by atoms with Crippen molar-refractivity contribution >= 4 is 11.5 Å². The third kappa shape index (κ3) is 1.77. The summed E-state index contributed by atoms with van der Waals surface area (Å²) in [4.78, 5) is 11.6. The number of carbonyl (C=O) groups is 1. The lowest BCUT2D eigenvalue weighted by molar-refractivity contribution is -0.126. The SMILES string of the molecule is Nc1cccc(C2COCCC2=O)c1. The molecule has 3 nitrogen and oxygen atoms in total. The number of carbonyl (C=O) groups excluding carboxylic acids is 1. The standard InChI is InChI=1S/C11H13NO2/c12-9-3-1-2-8(6-9)10-7-14-5-4-11(10)13/h1-3,6,10H,4-5,7,12H2. The predicted octanol–water partition coefficient (Wildman–Crippen LogP) is 1.34. The first-order chi connectivity index (χ1) is 6.77. The summed E-state index contributed by atoms with van der Waals surface area (Å²) < 4.78 is 5.29. The number of nitrogen functional groups attached to an aromatic ring is 1. The zero-order valence-corrected chi connectivity index (χ0v) is 7.90. The molecule has 1 aromatic rings. The third-order valence-electron chi connectivity index (χ3n) is 2.48. The number of hydrogen-bond acceptors (Lipinski definition) is 3. The Balaban J connectivity index is 2.24. The van der Waals surface area contributed by atoms with Gasteiger partial charge in [0, 0.05) is 12.1 Å². The van der Waals surface area contributed by atoms with Gasteiger partial charge in [0.15, 0.2) is 0 Å². The molecule has 3 heteroatoms. The Hall–Kier alpha value is -1.35. The fourth-order valence-electron chi connectivity index (χ4n) is 1.70. The van der Waals surface area contributed by atoms with Crippen molar-refractivity contribution in [3.05, 3.63) is 29.8 Å². The van der Waals surface area contributed by atoms with Crippen LogP contribution < -0.4 is 5.73 Å². The highest BCUT2D eigenvalue weighted by atomic mass is 16.5. The van der Waals surface area contributed by atoms with E-state index in [0.717, 1.165) is 5.56 Å². The Kier molecular flexibility index (Phi) is 2.50. The van der Waals surface area contributed by atoms with Gasteiger partial charge in [-0.3, -0.25) is 4.79 Å². The van der Waals surface area contributed by atoms with Crippen LogP contribution in [0.4, 0.5) is 5.69 Å². The van der Waals surface area contributed by atoms with Gasteiger partial charge >= 0.3 is 0 Å². The molecule has 0 amide bonds. The van der Waals surface area contributed by atoms with Crippen LogP contribution in [0.15, 0.2) is 24.3 Å². The fourth-order valence-corrected chi connectivity index (χ4v) is 1.70. The normalized spacial score (nSPS) is 22.3. The van der Waals surface area contributed by atoms with E-state index in [0.29, 0.717) is 25.3 Å². The second kappa shape index (κ2) is 3.80. The highest BCUT2D eigenvalue weighted by Crippen LogP contribution is 2.23. The first-order valence-corrected chi connectivity index (χ1v) is 4.73. The first kappa shape index (κ1) is 9.21. The maximum Gasteiger partial charge on any atom is 0.144 e. The van der Waals surface area contributed by atoms with Gasteiger partial charge in [-0.05, 0) is 17.7 Å². The summed E-state index contributed by atoms with van der Waals surface area (Å²) >= 11 is 0. The molecule has 1 unspecified atom stereocenters. The van der Waals surface area contributed by atoms with Crippen molar-refractivity contribution in [3.63, 3.8) is 0 Å². The fraction of sp³-hybridized carbons (Fsp3) is 0.364. The molecule has 0 spiro atoms. The molecule has 1 saturated heterocycles. The molecule has 1 aliphatic rings. The third-order valence-corrected chi connectivity index (χ3v) is 2.48. The van der Waals surface area contributed by atoms with Gasteiger partial charge in [-0.2, -0.15) is 0 Å². The minimum Gasteiger partial charge on any atom is -0.399 e. The van der Waals surface area contributed by atoms with Crippen LogP contribution >= 0.6 is 0 Å². The van der Waals surface area contributed by atoms with E-state index < -0.39 is 0 Å². The number of benzene rings is 1. The summed E-state index contributed by atoms with van der Waals surface area (Å²) in [7, 11) is 0. The zero-order chi connectivity index (χ0) is 9.97. The van der Waals surface area contributed by atoms with Crippen LogP contribution in [-0.2, 0) is 9.53 Å². The largest absolute Gasteiger partial charge is 0.399 e. The lowest BCUT2D eigenvalue weighted by Gasteiger charge is -2.21. The van der Waals surface area contributed by atoms with Crippen molar-refractivity contribution in [3.8, 4) is 0 Å². The average Bonchev–Trinajstić information content (AvgIpc) is 2.18. The summed E-state index contributed by atoms with van der Waals surface area (Å²) in [5.74, 6) is 0.133. The lowest BCUT2D eigenvalue weighted by atomic mass is 9.92. The van der Waals surface area contributed by atoms with Gasteiger partial charge in [0.1, 0.15) is 5.78 Å². The van der Waals surface area contributed by atoms with Crippen LogP contribution in [0.3, 0.4) is 0 Å². The molecular weight excluding hydrogens is 178 g/mol. The van der Waals surface area contributed by atoms with Crippen LogP contribution in [0.2, 0.25) is 0 Å². The average molecular weight is 191 g/mol.